The molecule has 3 aromatic carbocycles. The van der Waals surface area contributed by atoms with Crippen LogP contribution in [-0.4, -0.2) is 38.4 Å². The summed E-state index contributed by atoms with van der Waals surface area (Å²) in [5, 5.41) is 9.76. The van der Waals surface area contributed by atoms with Gasteiger partial charge in [0, 0.05) is 20.6 Å². The number of halogens is 1. The molecule has 0 fully saturated rings. The molecule has 0 bridgehead atoms. The van der Waals surface area contributed by atoms with Gasteiger partial charge in [-0.2, -0.15) is 0 Å². The summed E-state index contributed by atoms with van der Waals surface area (Å²) in [5.41, 5.74) is 1.32. The van der Waals surface area contributed by atoms with Crippen LogP contribution in [0.4, 0.5) is 5.69 Å². The van der Waals surface area contributed by atoms with Crippen molar-refractivity contribution >= 4 is 33.2 Å². The lowest BCUT2D eigenvalue weighted by Gasteiger charge is -2.21. The molecule has 0 atom stereocenters. The highest BCUT2D eigenvalue weighted by molar-refractivity contribution is 7.92. The molecule has 6 nitrogen and oxygen atoms in total. The summed E-state index contributed by atoms with van der Waals surface area (Å²) in [4.78, 5) is 14.3. The van der Waals surface area contributed by atoms with Crippen molar-refractivity contribution in [2.75, 3.05) is 18.4 Å². The molecule has 156 valence electrons. The maximum Gasteiger partial charge on any atom is 0.264 e. The van der Waals surface area contributed by atoms with Crippen molar-refractivity contribution < 1.29 is 18.3 Å². The van der Waals surface area contributed by atoms with Gasteiger partial charge >= 0.3 is 0 Å². The summed E-state index contributed by atoms with van der Waals surface area (Å²) < 4.78 is 27.2. The van der Waals surface area contributed by atoms with Gasteiger partial charge in [-0.3, -0.25) is 9.10 Å². The molecule has 30 heavy (non-hydrogen) atoms. The van der Waals surface area contributed by atoms with Crippen molar-refractivity contribution in [3.8, 4) is 5.75 Å². The van der Waals surface area contributed by atoms with Crippen molar-refractivity contribution in [1.29, 1.82) is 0 Å². The third-order valence-electron chi connectivity index (χ3n) is 4.62. The summed E-state index contributed by atoms with van der Waals surface area (Å²) in [7, 11) is -0.848. The normalized spacial score (nSPS) is 11.2. The van der Waals surface area contributed by atoms with E-state index >= 15 is 0 Å². The first-order chi connectivity index (χ1) is 14.2. The van der Waals surface area contributed by atoms with Crippen LogP contribution in [0.5, 0.6) is 5.75 Å². The van der Waals surface area contributed by atoms with Crippen LogP contribution >= 0.6 is 11.6 Å². The van der Waals surface area contributed by atoms with Gasteiger partial charge in [0.05, 0.1) is 21.2 Å². The van der Waals surface area contributed by atoms with E-state index in [1.165, 1.54) is 30.1 Å². The SMILES string of the molecule is CN(Cc1cccc(O)c1)C(=O)c1cc(S(=O)(=O)N(C)c2ccccc2)ccc1Cl. The lowest BCUT2D eigenvalue weighted by atomic mass is 10.1. The molecule has 0 spiro atoms. The molecule has 1 N–H and O–H groups in total. The summed E-state index contributed by atoms with van der Waals surface area (Å²) in [5.74, 6) is -0.328. The minimum Gasteiger partial charge on any atom is -0.508 e. The molecule has 0 radical (unpaired) electrons. The monoisotopic (exact) mass is 444 g/mol. The Morgan fingerprint density at radius 1 is 0.967 bits per heavy atom. The van der Waals surface area contributed by atoms with Gasteiger partial charge in [0.25, 0.3) is 15.9 Å². The van der Waals surface area contributed by atoms with Crippen molar-refractivity contribution in [2.24, 2.45) is 0 Å². The summed E-state index contributed by atoms with van der Waals surface area (Å²) in [6.07, 6.45) is 0. The molecule has 0 aromatic heterocycles. The zero-order valence-electron chi connectivity index (χ0n) is 16.5. The molecule has 8 heteroatoms. The number of benzene rings is 3. The highest BCUT2D eigenvalue weighted by atomic mass is 35.5. The predicted octanol–water partition coefficient (Wildman–Crippen LogP) is 4.14. The second kappa shape index (κ2) is 8.77. The number of sulfonamides is 1. The van der Waals surface area contributed by atoms with Crippen molar-refractivity contribution in [3.63, 3.8) is 0 Å². The lowest BCUT2D eigenvalue weighted by Crippen LogP contribution is -2.28. The van der Waals surface area contributed by atoms with E-state index < -0.39 is 15.9 Å². The van der Waals surface area contributed by atoms with Crippen LogP contribution in [0.15, 0.2) is 77.7 Å². The maximum atomic E-state index is 13.0. The number of carbonyl (C=O) groups is 1. The Hall–Kier alpha value is -3.03. The van der Waals surface area contributed by atoms with Crippen molar-refractivity contribution in [2.45, 2.75) is 11.4 Å². The van der Waals surface area contributed by atoms with Crippen molar-refractivity contribution in [3.05, 3.63) is 88.9 Å². The van der Waals surface area contributed by atoms with Crippen LogP contribution in [0.25, 0.3) is 0 Å². The Morgan fingerprint density at radius 2 is 1.67 bits per heavy atom. The van der Waals surface area contributed by atoms with Gasteiger partial charge in [-0.05, 0) is 48.0 Å². The largest absolute Gasteiger partial charge is 0.508 e. The van der Waals surface area contributed by atoms with Gasteiger partial charge < -0.3 is 10.0 Å². The highest BCUT2D eigenvalue weighted by Gasteiger charge is 2.24. The Morgan fingerprint density at radius 3 is 2.33 bits per heavy atom. The van der Waals surface area contributed by atoms with Crippen LogP contribution < -0.4 is 4.31 Å². The van der Waals surface area contributed by atoms with Crippen LogP contribution in [0, 0.1) is 0 Å². The Balaban J connectivity index is 1.90. The number of hydrogen-bond acceptors (Lipinski definition) is 4. The number of carbonyl (C=O) groups excluding carboxylic acids is 1. The van der Waals surface area contributed by atoms with E-state index in [1.807, 2.05) is 0 Å². The second-order valence-electron chi connectivity index (χ2n) is 6.78. The zero-order chi connectivity index (χ0) is 21.9. The number of para-hydroxylation sites is 1. The van der Waals surface area contributed by atoms with E-state index in [-0.39, 0.29) is 27.8 Å². The van der Waals surface area contributed by atoms with E-state index in [9.17, 15) is 18.3 Å². The molecule has 0 aliphatic carbocycles. The number of phenolic OH excluding ortho intramolecular Hbond substituents is 1. The van der Waals surface area contributed by atoms with Crippen LogP contribution in [0.3, 0.4) is 0 Å². The molecule has 0 saturated carbocycles. The van der Waals surface area contributed by atoms with E-state index in [4.69, 9.17) is 11.6 Å². The van der Waals surface area contributed by atoms with Crippen LogP contribution in [-0.2, 0) is 16.6 Å². The maximum absolute atomic E-state index is 13.0. The fourth-order valence-electron chi connectivity index (χ4n) is 2.97. The minimum atomic E-state index is -3.88. The van der Waals surface area contributed by atoms with E-state index in [0.717, 1.165) is 9.87 Å². The average Bonchev–Trinajstić information content (AvgIpc) is 2.73. The first-order valence-electron chi connectivity index (χ1n) is 9.07. The van der Waals surface area contributed by atoms with Crippen LogP contribution in [0.2, 0.25) is 5.02 Å². The molecule has 3 rings (SSSR count). The number of nitrogens with zero attached hydrogens (tertiary/aromatic N) is 2. The minimum absolute atomic E-state index is 0.0349. The van der Waals surface area contributed by atoms with Crippen molar-refractivity contribution in [1.82, 2.24) is 4.90 Å². The van der Waals surface area contributed by atoms with E-state index in [1.54, 1.807) is 61.6 Å². The number of anilines is 1. The van der Waals surface area contributed by atoms with Gasteiger partial charge in [-0.15, -0.1) is 0 Å². The molecule has 0 unspecified atom stereocenters. The summed E-state index contributed by atoms with van der Waals surface area (Å²) in [6, 6.07) is 19.3. The smallest absolute Gasteiger partial charge is 0.264 e. The standard InChI is InChI=1S/C22H21ClN2O4S/c1-24(15-16-7-6-10-18(26)13-16)22(27)20-14-19(11-12-21(20)23)30(28,29)25(2)17-8-4-3-5-9-17/h3-14,26H,15H2,1-2H3. The number of rotatable bonds is 6. The van der Waals surface area contributed by atoms with E-state index in [2.05, 4.69) is 0 Å². The third-order valence-corrected chi connectivity index (χ3v) is 6.73. The van der Waals surface area contributed by atoms with Gasteiger partial charge in [0.15, 0.2) is 0 Å². The Bertz CT molecular complexity index is 1170. The molecule has 0 aliphatic rings. The summed E-state index contributed by atoms with van der Waals surface area (Å²) in [6.45, 7) is 0.227. The van der Waals surface area contributed by atoms with Gasteiger partial charge in [0.1, 0.15) is 5.75 Å². The fourth-order valence-corrected chi connectivity index (χ4v) is 4.39. The second-order valence-corrected chi connectivity index (χ2v) is 9.16. The molecule has 0 heterocycles. The quantitative estimate of drug-likeness (QED) is 0.619. The Labute approximate surface area is 181 Å². The fraction of sp³-hybridized carbons (Fsp3) is 0.136. The molecular weight excluding hydrogens is 424 g/mol. The number of phenols is 1. The average molecular weight is 445 g/mol. The number of amides is 1. The molecule has 3 aromatic rings. The molecule has 0 aliphatic heterocycles. The van der Waals surface area contributed by atoms with Gasteiger partial charge in [-0.25, -0.2) is 8.42 Å². The molecular formula is C22H21ClN2O4S. The predicted molar refractivity (Wildman–Crippen MR) is 117 cm³/mol. The Kier molecular flexibility index (Phi) is 6.34. The summed E-state index contributed by atoms with van der Waals surface area (Å²) >= 11 is 6.21. The van der Waals surface area contributed by atoms with E-state index in [0.29, 0.717) is 5.69 Å². The topological polar surface area (TPSA) is 77.9 Å². The van der Waals surface area contributed by atoms with Crippen LogP contribution in [0.1, 0.15) is 15.9 Å². The first-order valence-corrected chi connectivity index (χ1v) is 10.9. The lowest BCUT2D eigenvalue weighted by molar-refractivity contribution is 0.0785. The zero-order valence-corrected chi connectivity index (χ0v) is 18.1. The molecule has 0 saturated heterocycles. The third kappa shape index (κ3) is 4.58. The number of hydrogen-bond donors (Lipinski definition) is 1. The number of aromatic hydroxyl groups is 1. The molecule has 1 amide bonds. The highest BCUT2D eigenvalue weighted by Crippen LogP contribution is 2.26. The van der Waals surface area contributed by atoms with Gasteiger partial charge in [0.2, 0.25) is 0 Å². The van der Waals surface area contributed by atoms with Gasteiger partial charge in [-0.1, -0.05) is 41.9 Å². The first kappa shape index (κ1) is 21.7.